The van der Waals surface area contributed by atoms with E-state index in [0.717, 1.165) is 31.2 Å². The highest BCUT2D eigenvalue weighted by molar-refractivity contribution is 5.89. The fourth-order valence-corrected chi connectivity index (χ4v) is 4.60. The van der Waals surface area contributed by atoms with Crippen LogP contribution in [0.15, 0.2) is 18.2 Å². The van der Waals surface area contributed by atoms with Crippen molar-refractivity contribution in [2.75, 3.05) is 34.4 Å². The molecule has 1 aromatic carbocycles. The lowest BCUT2D eigenvalue weighted by atomic mass is 9.77. The molecule has 154 valence electrons. The van der Waals surface area contributed by atoms with Crippen LogP contribution in [0.25, 0.3) is 0 Å². The molecule has 2 fully saturated rings. The molecular formula is C21H30N2O5. The highest BCUT2D eigenvalue weighted by Gasteiger charge is 2.48. The molecule has 1 aliphatic carbocycles. The second-order valence-corrected chi connectivity index (χ2v) is 7.77. The molecule has 0 radical (unpaired) electrons. The number of benzene rings is 1. The molecule has 28 heavy (non-hydrogen) atoms. The minimum absolute atomic E-state index is 0.0377. The van der Waals surface area contributed by atoms with Gasteiger partial charge < -0.3 is 24.8 Å². The van der Waals surface area contributed by atoms with E-state index in [2.05, 4.69) is 5.32 Å². The molecule has 2 amide bonds. The number of carbonyl (C=O) groups excluding carboxylic acids is 2. The maximum absolute atomic E-state index is 13.6. The van der Waals surface area contributed by atoms with Gasteiger partial charge in [0.1, 0.15) is 0 Å². The van der Waals surface area contributed by atoms with E-state index in [9.17, 15) is 14.7 Å². The summed E-state index contributed by atoms with van der Waals surface area (Å²) >= 11 is 0. The summed E-state index contributed by atoms with van der Waals surface area (Å²) in [7, 11) is 4.76. The van der Waals surface area contributed by atoms with E-state index in [4.69, 9.17) is 9.47 Å². The van der Waals surface area contributed by atoms with E-state index >= 15 is 0 Å². The van der Waals surface area contributed by atoms with Crippen LogP contribution >= 0.6 is 0 Å². The Labute approximate surface area is 166 Å². The van der Waals surface area contributed by atoms with Gasteiger partial charge in [-0.15, -0.1) is 0 Å². The predicted octanol–water partition coefficient (Wildman–Crippen LogP) is 1.47. The van der Waals surface area contributed by atoms with Gasteiger partial charge in [-0.05, 0) is 30.5 Å². The molecule has 0 aromatic heterocycles. The second-order valence-electron chi connectivity index (χ2n) is 7.77. The van der Waals surface area contributed by atoms with E-state index in [1.807, 2.05) is 18.2 Å². The number of hydrogen-bond donors (Lipinski definition) is 2. The second kappa shape index (κ2) is 8.39. The number of carbonyl (C=O) groups is 2. The number of likely N-dealkylation sites (tertiary alicyclic amines) is 1. The molecule has 0 unspecified atom stereocenters. The molecule has 1 heterocycles. The minimum atomic E-state index is -0.676. The van der Waals surface area contributed by atoms with E-state index in [-0.39, 0.29) is 30.7 Å². The van der Waals surface area contributed by atoms with Gasteiger partial charge in [0, 0.05) is 32.5 Å². The number of β-amino-alcohol motifs (C(OH)–C–C–N with tert-alkyl or cyclic N) is 1. The van der Waals surface area contributed by atoms with Crippen LogP contribution in [0.3, 0.4) is 0 Å². The van der Waals surface area contributed by atoms with Crippen LogP contribution in [0, 0.1) is 5.92 Å². The first-order chi connectivity index (χ1) is 13.4. The van der Waals surface area contributed by atoms with Crippen molar-refractivity contribution in [2.45, 2.75) is 43.6 Å². The maximum Gasteiger partial charge on any atom is 0.233 e. The van der Waals surface area contributed by atoms with Gasteiger partial charge in [0.2, 0.25) is 11.8 Å². The first-order valence-corrected chi connectivity index (χ1v) is 9.85. The van der Waals surface area contributed by atoms with Crippen molar-refractivity contribution < 1.29 is 24.2 Å². The summed E-state index contributed by atoms with van der Waals surface area (Å²) < 4.78 is 10.8. The lowest BCUT2D eigenvalue weighted by molar-refractivity contribution is -0.136. The number of methoxy groups -OCH3 is 2. The number of aliphatic hydroxyl groups is 1. The zero-order chi connectivity index (χ0) is 20.3. The average Bonchev–Trinajstić information content (AvgIpc) is 3.35. The highest BCUT2D eigenvalue weighted by atomic mass is 16.5. The first-order valence-electron chi connectivity index (χ1n) is 9.85. The number of nitrogens with one attached hydrogen (secondary N) is 1. The number of hydrogen-bond acceptors (Lipinski definition) is 5. The summed E-state index contributed by atoms with van der Waals surface area (Å²) in [4.78, 5) is 27.1. The van der Waals surface area contributed by atoms with Crippen LogP contribution in [-0.4, -0.2) is 62.3 Å². The molecule has 1 saturated heterocycles. The molecule has 1 saturated carbocycles. The summed E-state index contributed by atoms with van der Waals surface area (Å²) in [5, 5.41) is 13.0. The Morgan fingerprint density at radius 1 is 1.18 bits per heavy atom. The summed E-state index contributed by atoms with van der Waals surface area (Å²) in [6, 6.07) is 5.68. The number of rotatable bonds is 6. The van der Waals surface area contributed by atoms with E-state index in [0.29, 0.717) is 18.0 Å². The topological polar surface area (TPSA) is 88.1 Å². The van der Waals surface area contributed by atoms with Gasteiger partial charge in [-0.3, -0.25) is 9.59 Å². The Kier molecular flexibility index (Phi) is 6.13. The Hall–Kier alpha value is -2.28. The zero-order valence-electron chi connectivity index (χ0n) is 16.9. The molecule has 2 N–H and O–H groups in total. The van der Waals surface area contributed by atoms with Crippen molar-refractivity contribution >= 4 is 11.8 Å². The third kappa shape index (κ3) is 3.68. The van der Waals surface area contributed by atoms with E-state index in [1.165, 1.54) is 0 Å². The highest BCUT2D eigenvalue weighted by Crippen LogP contribution is 2.45. The third-order valence-electron chi connectivity index (χ3n) is 6.22. The van der Waals surface area contributed by atoms with Gasteiger partial charge >= 0.3 is 0 Å². The Morgan fingerprint density at radius 2 is 1.86 bits per heavy atom. The molecule has 7 heteroatoms. The van der Waals surface area contributed by atoms with E-state index in [1.54, 1.807) is 26.2 Å². The molecule has 2 atom stereocenters. The molecule has 0 spiro atoms. The molecule has 0 bridgehead atoms. The van der Waals surface area contributed by atoms with Crippen molar-refractivity contribution in [3.63, 3.8) is 0 Å². The fourth-order valence-electron chi connectivity index (χ4n) is 4.60. The number of ether oxygens (including phenoxy) is 2. The number of aliphatic hydroxyl groups excluding tert-OH is 1. The predicted molar refractivity (Wildman–Crippen MR) is 104 cm³/mol. The van der Waals surface area contributed by atoms with Crippen LogP contribution in [-0.2, 0) is 15.0 Å². The van der Waals surface area contributed by atoms with Gasteiger partial charge in [0.15, 0.2) is 11.5 Å². The van der Waals surface area contributed by atoms with Gasteiger partial charge in [0.25, 0.3) is 0 Å². The molecule has 7 nitrogen and oxygen atoms in total. The van der Waals surface area contributed by atoms with Crippen molar-refractivity contribution in [1.29, 1.82) is 0 Å². The van der Waals surface area contributed by atoms with Crippen LogP contribution in [0.1, 0.15) is 37.7 Å². The lowest BCUT2D eigenvalue weighted by Gasteiger charge is -2.33. The van der Waals surface area contributed by atoms with Crippen LogP contribution in [0.2, 0.25) is 0 Å². The minimum Gasteiger partial charge on any atom is -0.493 e. The Balaban J connectivity index is 1.86. The number of amides is 2. The van der Waals surface area contributed by atoms with Gasteiger partial charge in [0.05, 0.1) is 25.7 Å². The average molecular weight is 390 g/mol. The van der Waals surface area contributed by atoms with Crippen molar-refractivity contribution in [3.8, 4) is 11.5 Å². The maximum atomic E-state index is 13.6. The van der Waals surface area contributed by atoms with Crippen molar-refractivity contribution in [3.05, 3.63) is 23.8 Å². The normalized spacial score (nSPS) is 23.5. The molecule has 2 aliphatic rings. The smallest absolute Gasteiger partial charge is 0.233 e. The SMILES string of the molecule is CNC(=O)C[C@@H]1CN(C(=O)C2(c3ccc(OC)c(OC)c3)CCCC2)C[C@H]1O. The Bertz CT molecular complexity index is 730. The molecule has 3 rings (SSSR count). The van der Waals surface area contributed by atoms with Crippen LogP contribution in [0.4, 0.5) is 0 Å². The summed E-state index contributed by atoms with van der Waals surface area (Å²) in [6.45, 7) is 0.679. The van der Waals surface area contributed by atoms with E-state index < -0.39 is 11.5 Å². The zero-order valence-corrected chi connectivity index (χ0v) is 16.9. The third-order valence-corrected chi connectivity index (χ3v) is 6.22. The monoisotopic (exact) mass is 390 g/mol. The summed E-state index contributed by atoms with van der Waals surface area (Å²) in [6.07, 6.45) is 3.06. The largest absolute Gasteiger partial charge is 0.493 e. The van der Waals surface area contributed by atoms with Crippen LogP contribution in [0.5, 0.6) is 11.5 Å². The van der Waals surface area contributed by atoms with Gasteiger partial charge in [-0.25, -0.2) is 0 Å². The molecular weight excluding hydrogens is 360 g/mol. The van der Waals surface area contributed by atoms with Crippen molar-refractivity contribution in [2.24, 2.45) is 5.92 Å². The molecule has 1 aliphatic heterocycles. The van der Waals surface area contributed by atoms with Crippen LogP contribution < -0.4 is 14.8 Å². The standard InChI is InChI=1S/C21H30N2O5/c1-22-19(25)10-14-12-23(13-16(14)24)20(26)21(8-4-5-9-21)15-6-7-17(27-2)18(11-15)28-3/h6-7,11,14,16,24H,4-5,8-10,12-13H2,1-3H3,(H,22,25)/t14-,16-/m1/s1. The van der Waals surface area contributed by atoms with Gasteiger partial charge in [-0.2, -0.15) is 0 Å². The Morgan fingerprint density at radius 3 is 2.46 bits per heavy atom. The quantitative estimate of drug-likeness (QED) is 0.768. The number of nitrogens with zero attached hydrogens (tertiary/aromatic N) is 1. The van der Waals surface area contributed by atoms with Gasteiger partial charge in [-0.1, -0.05) is 18.9 Å². The fraction of sp³-hybridized carbons (Fsp3) is 0.619. The first kappa shape index (κ1) is 20.5. The van der Waals surface area contributed by atoms with Crippen molar-refractivity contribution in [1.82, 2.24) is 10.2 Å². The lowest BCUT2D eigenvalue weighted by Crippen LogP contribution is -2.45. The summed E-state index contributed by atoms with van der Waals surface area (Å²) in [5.74, 6) is 0.935. The molecule has 1 aromatic rings. The summed E-state index contributed by atoms with van der Waals surface area (Å²) in [5.41, 5.74) is 0.318.